The molecule has 0 radical (unpaired) electrons. The van der Waals surface area contributed by atoms with E-state index in [-0.39, 0.29) is 36.2 Å². The van der Waals surface area contributed by atoms with Crippen molar-refractivity contribution in [3.63, 3.8) is 0 Å². The van der Waals surface area contributed by atoms with E-state index < -0.39 is 10.0 Å². The molecule has 0 aliphatic heterocycles. The zero-order chi connectivity index (χ0) is 19.4. The van der Waals surface area contributed by atoms with Gasteiger partial charge in [-0.3, -0.25) is 4.79 Å². The number of nitrogen functional groups attached to an aromatic ring is 1. The van der Waals surface area contributed by atoms with Gasteiger partial charge in [0.05, 0.1) is 4.90 Å². The first kappa shape index (κ1) is 22.2. The number of rotatable bonds is 6. The van der Waals surface area contributed by atoms with Gasteiger partial charge in [0.15, 0.2) is 0 Å². The number of aryl methyl sites for hydroxylation is 3. The molecule has 1 amide bonds. The molecule has 8 heteroatoms. The number of anilines is 2. The van der Waals surface area contributed by atoms with Crippen LogP contribution in [0.3, 0.4) is 0 Å². The molecule has 1 aliphatic carbocycles. The third kappa shape index (κ3) is 5.47. The molecule has 152 valence electrons. The van der Waals surface area contributed by atoms with Crippen molar-refractivity contribution in [3.05, 3.63) is 53.1 Å². The summed E-state index contributed by atoms with van der Waals surface area (Å²) in [6, 6.07) is 10.6. The average Bonchev–Trinajstić information content (AvgIpc) is 2.64. The summed E-state index contributed by atoms with van der Waals surface area (Å²) in [6.45, 7) is 1.90. The van der Waals surface area contributed by atoms with Gasteiger partial charge in [0.1, 0.15) is 0 Å². The number of carbonyl (C=O) groups excluding carboxylic acids is 1. The van der Waals surface area contributed by atoms with E-state index in [0.29, 0.717) is 11.4 Å². The molecule has 2 aromatic carbocycles. The Hall–Kier alpha value is -2.09. The van der Waals surface area contributed by atoms with Crippen molar-refractivity contribution in [1.82, 2.24) is 4.72 Å². The van der Waals surface area contributed by atoms with Crippen LogP contribution >= 0.6 is 12.4 Å². The molecule has 0 bridgehead atoms. The van der Waals surface area contributed by atoms with Gasteiger partial charge in [-0.05, 0) is 73.6 Å². The van der Waals surface area contributed by atoms with Crippen molar-refractivity contribution >= 4 is 39.7 Å². The Morgan fingerprint density at radius 3 is 2.54 bits per heavy atom. The highest BCUT2D eigenvalue weighted by atomic mass is 35.5. The van der Waals surface area contributed by atoms with Gasteiger partial charge in [-0.15, -0.1) is 12.4 Å². The number of hydrogen-bond acceptors (Lipinski definition) is 4. The maximum Gasteiger partial charge on any atom is 0.240 e. The summed E-state index contributed by atoms with van der Waals surface area (Å²) in [5, 5.41) is 2.76. The lowest BCUT2D eigenvalue weighted by molar-refractivity contribution is -0.116. The lowest BCUT2D eigenvalue weighted by atomic mass is 9.92. The van der Waals surface area contributed by atoms with Crippen molar-refractivity contribution in [3.8, 4) is 0 Å². The largest absolute Gasteiger partial charge is 0.399 e. The normalized spacial score (nSPS) is 13.3. The topological polar surface area (TPSA) is 101 Å². The molecule has 6 nitrogen and oxygen atoms in total. The number of hydrogen-bond donors (Lipinski definition) is 3. The first-order chi connectivity index (χ1) is 12.8. The highest BCUT2D eigenvalue weighted by molar-refractivity contribution is 7.89. The second-order valence-electron chi connectivity index (χ2n) is 6.91. The van der Waals surface area contributed by atoms with Crippen molar-refractivity contribution in [2.24, 2.45) is 0 Å². The third-order valence-electron chi connectivity index (χ3n) is 4.81. The molecule has 0 atom stereocenters. The Morgan fingerprint density at radius 1 is 1.07 bits per heavy atom. The molecular weight excluding hydrogens is 398 g/mol. The lowest BCUT2D eigenvalue weighted by Crippen LogP contribution is -2.28. The van der Waals surface area contributed by atoms with Crippen LogP contribution in [0.5, 0.6) is 0 Å². The van der Waals surface area contributed by atoms with Crippen LogP contribution in [-0.4, -0.2) is 20.9 Å². The lowest BCUT2D eigenvalue weighted by Gasteiger charge is -2.16. The molecule has 4 N–H and O–H groups in total. The number of sulfonamides is 1. The maximum absolute atomic E-state index is 12.5. The first-order valence-electron chi connectivity index (χ1n) is 9.12. The van der Waals surface area contributed by atoms with Crippen LogP contribution in [0.1, 0.15) is 36.0 Å². The summed E-state index contributed by atoms with van der Waals surface area (Å²) < 4.78 is 27.5. The molecule has 3 rings (SSSR count). The molecule has 0 aromatic heterocycles. The smallest absolute Gasteiger partial charge is 0.240 e. The molecule has 0 spiro atoms. The van der Waals surface area contributed by atoms with E-state index in [1.54, 1.807) is 24.3 Å². The Morgan fingerprint density at radius 2 is 1.79 bits per heavy atom. The zero-order valence-electron chi connectivity index (χ0n) is 15.8. The number of halogens is 1. The van der Waals surface area contributed by atoms with Gasteiger partial charge in [0.25, 0.3) is 0 Å². The highest BCUT2D eigenvalue weighted by Crippen LogP contribution is 2.24. The van der Waals surface area contributed by atoms with E-state index in [0.717, 1.165) is 36.8 Å². The van der Waals surface area contributed by atoms with Crippen LogP contribution in [0.4, 0.5) is 11.4 Å². The fourth-order valence-electron chi connectivity index (χ4n) is 3.25. The molecule has 0 unspecified atom stereocenters. The number of carbonyl (C=O) groups is 1. The van der Waals surface area contributed by atoms with E-state index in [4.69, 9.17) is 5.73 Å². The number of nitrogens with one attached hydrogen (secondary N) is 2. The molecule has 0 fully saturated rings. The van der Waals surface area contributed by atoms with Gasteiger partial charge in [-0.2, -0.15) is 0 Å². The monoisotopic (exact) mass is 423 g/mol. The van der Waals surface area contributed by atoms with Crippen LogP contribution in [0.2, 0.25) is 0 Å². The highest BCUT2D eigenvalue weighted by Gasteiger charge is 2.18. The number of nitrogens with two attached hydrogens (primary N) is 1. The van der Waals surface area contributed by atoms with Gasteiger partial charge in [-0.1, -0.05) is 12.1 Å². The van der Waals surface area contributed by atoms with E-state index >= 15 is 0 Å². The summed E-state index contributed by atoms with van der Waals surface area (Å²) in [7, 11) is -3.63. The Balaban J connectivity index is 0.00000280. The van der Waals surface area contributed by atoms with E-state index in [2.05, 4.69) is 10.0 Å². The average molecular weight is 424 g/mol. The van der Waals surface area contributed by atoms with E-state index in [9.17, 15) is 13.2 Å². The quantitative estimate of drug-likeness (QED) is 0.621. The number of benzene rings is 2. The Labute approximate surface area is 172 Å². The van der Waals surface area contributed by atoms with Gasteiger partial charge < -0.3 is 11.1 Å². The van der Waals surface area contributed by atoms with Gasteiger partial charge in [0.2, 0.25) is 15.9 Å². The summed E-state index contributed by atoms with van der Waals surface area (Å²) in [5.74, 6) is -0.267. The predicted molar refractivity (Wildman–Crippen MR) is 114 cm³/mol. The SMILES string of the molecule is Cc1ccc(N)cc1NC(=O)CCNS(=O)(=O)c1ccc2c(c1)CCCC2.Cl. The molecule has 1 aliphatic rings. The minimum atomic E-state index is -3.63. The third-order valence-corrected chi connectivity index (χ3v) is 6.27. The molecule has 0 saturated carbocycles. The fourth-order valence-corrected chi connectivity index (χ4v) is 4.33. The summed E-state index contributed by atoms with van der Waals surface area (Å²) in [5.41, 5.74) is 10.2. The fraction of sp³-hybridized carbons (Fsp3) is 0.350. The molecule has 0 heterocycles. The van der Waals surface area contributed by atoms with E-state index in [1.165, 1.54) is 5.56 Å². The van der Waals surface area contributed by atoms with Crippen molar-refractivity contribution in [2.75, 3.05) is 17.6 Å². The zero-order valence-corrected chi connectivity index (χ0v) is 17.5. The van der Waals surface area contributed by atoms with E-state index in [1.807, 2.05) is 19.1 Å². The molecule has 28 heavy (non-hydrogen) atoms. The predicted octanol–water partition coefficient (Wildman–Crippen LogP) is 3.18. The summed E-state index contributed by atoms with van der Waals surface area (Å²) in [4.78, 5) is 12.4. The van der Waals surface area contributed by atoms with Crippen molar-refractivity contribution < 1.29 is 13.2 Å². The minimum Gasteiger partial charge on any atom is -0.399 e. The summed E-state index contributed by atoms with van der Waals surface area (Å²) >= 11 is 0. The van der Waals surface area contributed by atoms with Crippen LogP contribution in [0.15, 0.2) is 41.3 Å². The maximum atomic E-state index is 12.5. The van der Waals surface area contributed by atoms with Crippen LogP contribution in [-0.2, 0) is 27.7 Å². The van der Waals surface area contributed by atoms with Crippen molar-refractivity contribution in [2.45, 2.75) is 43.9 Å². The standard InChI is InChI=1S/C20H25N3O3S.ClH/c1-14-6-8-17(21)13-19(14)23-20(24)10-11-22-27(25,26)18-9-7-15-4-2-3-5-16(15)12-18;/h6-9,12-13,22H,2-5,10-11,21H2,1H3,(H,23,24);1H. The Bertz CT molecular complexity index is 961. The van der Waals surface area contributed by atoms with Gasteiger partial charge >= 0.3 is 0 Å². The number of fused-ring (bicyclic) bond motifs is 1. The van der Waals surface area contributed by atoms with Crippen molar-refractivity contribution in [1.29, 1.82) is 0 Å². The minimum absolute atomic E-state index is 0. The summed E-state index contributed by atoms with van der Waals surface area (Å²) in [6.07, 6.45) is 4.21. The second kappa shape index (κ2) is 9.41. The molecule has 2 aromatic rings. The van der Waals surface area contributed by atoms with Crippen LogP contribution in [0, 0.1) is 6.92 Å². The Kier molecular flexibility index (Phi) is 7.46. The van der Waals surface area contributed by atoms with Crippen LogP contribution < -0.4 is 15.8 Å². The second-order valence-corrected chi connectivity index (χ2v) is 8.67. The van der Waals surface area contributed by atoms with Crippen LogP contribution in [0.25, 0.3) is 0 Å². The molecule has 0 saturated heterocycles. The number of amides is 1. The first-order valence-corrected chi connectivity index (χ1v) is 10.6. The molecular formula is C20H26ClN3O3S. The van der Waals surface area contributed by atoms with Gasteiger partial charge in [0, 0.05) is 24.3 Å². The van der Waals surface area contributed by atoms with Gasteiger partial charge in [-0.25, -0.2) is 13.1 Å².